The van der Waals surface area contributed by atoms with Crippen LogP contribution in [0.2, 0.25) is 0 Å². The first kappa shape index (κ1) is 15.9. The van der Waals surface area contributed by atoms with Crippen LogP contribution < -0.4 is 10.2 Å². The summed E-state index contributed by atoms with van der Waals surface area (Å²) in [6.45, 7) is 10.4. The van der Waals surface area contributed by atoms with E-state index in [9.17, 15) is 4.39 Å². The van der Waals surface area contributed by atoms with Crippen molar-refractivity contribution in [3.8, 4) is 11.4 Å². The summed E-state index contributed by atoms with van der Waals surface area (Å²) in [4.78, 5) is 11.7. The van der Waals surface area contributed by atoms with Gasteiger partial charge in [-0.2, -0.15) is 0 Å². The number of anilines is 1. The highest BCUT2D eigenvalue weighted by atomic mass is 19.1. The molecule has 1 aromatic carbocycles. The van der Waals surface area contributed by atoms with E-state index >= 15 is 0 Å². The van der Waals surface area contributed by atoms with E-state index in [2.05, 4.69) is 36.0 Å². The first-order valence-corrected chi connectivity index (χ1v) is 8.04. The minimum Gasteiger partial charge on any atom is -0.366 e. The fraction of sp³-hybridized carbons (Fsp3) is 0.444. The number of nitrogens with one attached hydrogen (secondary N) is 1. The fourth-order valence-corrected chi connectivity index (χ4v) is 2.80. The summed E-state index contributed by atoms with van der Waals surface area (Å²) in [6.07, 6.45) is 1.91. The van der Waals surface area contributed by atoms with Gasteiger partial charge in [0.15, 0.2) is 5.82 Å². The Labute approximate surface area is 136 Å². The Balaban J connectivity index is 2.03. The minimum atomic E-state index is -0.248. The molecule has 0 radical (unpaired) electrons. The lowest BCUT2D eigenvalue weighted by Gasteiger charge is -2.33. The summed E-state index contributed by atoms with van der Waals surface area (Å²) in [6, 6.07) is 6.34. The van der Waals surface area contributed by atoms with Gasteiger partial charge in [0.25, 0.3) is 0 Å². The zero-order valence-electron chi connectivity index (χ0n) is 13.9. The van der Waals surface area contributed by atoms with Crippen LogP contribution in [0.3, 0.4) is 0 Å². The Morgan fingerprint density at radius 1 is 1.09 bits per heavy atom. The molecule has 1 aliphatic heterocycles. The molecular weight excluding hydrogens is 291 g/mol. The second-order valence-electron chi connectivity index (χ2n) is 6.92. The van der Waals surface area contributed by atoms with Crippen molar-refractivity contribution < 1.29 is 4.39 Å². The summed E-state index contributed by atoms with van der Waals surface area (Å²) >= 11 is 0. The van der Waals surface area contributed by atoms with Gasteiger partial charge in [-0.05, 0) is 24.3 Å². The van der Waals surface area contributed by atoms with Crippen LogP contribution in [0.5, 0.6) is 0 Å². The lowest BCUT2D eigenvalue weighted by atomic mass is 9.90. The van der Waals surface area contributed by atoms with Crippen molar-refractivity contribution >= 4 is 5.69 Å². The van der Waals surface area contributed by atoms with Gasteiger partial charge in [-0.25, -0.2) is 14.4 Å². The predicted molar refractivity (Wildman–Crippen MR) is 91.2 cm³/mol. The van der Waals surface area contributed by atoms with E-state index in [-0.39, 0.29) is 11.2 Å². The Hall–Kier alpha value is -2.01. The van der Waals surface area contributed by atoms with Gasteiger partial charge >= 0.3 is 0 Å². The SMILES string of the molecule is CC(C)(C)c1nc(-c2ccc(F)cc2)ncc1N1CCNCC1. The molecule has 0 aliphatic carbocycles. The number of aromatic nitrogens is 2. The standard InChI is InChI=1S/C18H23FN4/c1-18(2,3)16-15(23-10-8-20-9-11-23)12-21-17(22-16)13-4-6-14(19)7-5-13/h4-7,12,20H,8-11H2,1-3H3. The van der Waals surface area contributed by atoms with Crippen LogP contribution in [0, 0.1) is 5.82 Å². The zero-order chi connectivity index (χ0) is 16.4. The van der Waals surface area contributed by atoms with Gasteiger partial charge in [0.2, 0.25) is 0 Å². The average Bonchev–Trinajstić information content (AvgIpc) is 2.55. The second-order valence-corrected chi connectivity index (χ2v) is 6.92. The summed E-state index contributed by atoms with van der Waals surface area (Å²) < 4.78 is 13.1. The molecule has 1 aromatic heterocycles. The van der Waals surface area contributed by atoms with Crippen LogP contribution in [-0.2, 0) is 5.41 Å². The van der Waals surface area contributed by atoms with Gasteiger partial charge in [-0.3, -0.25) is 0 Å². The van der Waals surface area contributed by atoms with Crippen LogP contribution in [0.1, 0.15) is 26.5 Å². The van der Waals surface area contributed by atoms with Gasteiger partial charge in [-0.15, -0.1) is 0 Å². The van der Waals surface area contributed by atoms with Crippen molar-refractivity contribution in [1.29, 1.82) is 0 Å². The maximum absolute atomic E-state index is 13.1. The normalized spacial score (nSPS) is 15.7. The highest BCUT2D eigenvalue weighted by molar-refractivity contribution is 5.60. The molecule has 0 unspecified atom stereocenters. The van der Waals surface area contributed by atoms with Gasteiger partial charge < -0.3 is 10.2 Å². The van der Waals surface area contributed by atoms with Gasteiger partial charge in [0.1, 0.15) is 5.82 Å². The van der Waals surface area contributed by atoms with E-state index in [0.29, 0.717) is 5.82 Å². The van der Waals surface area contributed by atoms with E-state index in [0.717, 1.165) is 43.1 Å². The van der Waals surface area contributed by atoms with Gasteiger partial charge in [-0.1, -0.05) is 20.8 Å². The molecule has 0 spiro atoms. The maximum atomic E-state index is 13.1. The van der Waals surface area contributed by atoms with E-state index in [1.807, 2.05) is 6.20 Å². The van der Waals surface area contributed by atoms with Crippen molar-refractivity contribution in [1.82, 2.24) is 15.3 Å². The molecule has 0 bridgehead atoms. The molecule has 0 amide bonds. The first-order valence-electron chi connectivity index (χ1n) is 8.04. The van der Waals surface area contributed by atoms with Crippen LogP contribution in [0.15, 0.2) is 30.5 Å². The Morgan fingerprint density at radius 3 is 2.35 bits per heavy atom. The zero-order valence-corrected chi connectivity index (χ0v) is 13.9. The maximum Gasteiger partial charge on any atom is 0.159 e. The molecule has 23 heavy (non-hydrogen) atoms. The number of benzene rings is 1. The van der Waals surface area contributed by atoms with Crippen molar-refractivity contribution in [2.24, 2.45) is 0 Å². The number of rotatable bonds is 2. The molecule has 2 aromatic rings. The van der Waals surface area contributed by atoms with Crippen LogP contribution in [0.4, 0.5) is 10.1 Å². The molecule has 1 fully saturated rings. The highest BCUT2D eigenvalue weighted by Crippen LogP contribution is 2.31. The molecule has 3 rings (SSSR count). The second kappa shape index (κ2) is 6.24. The predicted octanol–water partition coefficient (Wildman–Crippen LogP) is 2.99. The Kier molecular flexibility index (Phi) is 4.31. The van der Waals surface area contributed by atoms with E-state index in [1.54, 1.807) is 12.1 Å². The molecule has 1 aliphatic rings. The lowest BCUT2D eigenvalue weighted by molar-refractivity contribution is 0.548. The summed E-state index contributed by atoms with van der Waals surface area (Å²) in [5, 5.41) is 3.37. The largest absolute Gasteiger partial charge is 0.366 e. The lowest BCUT2D eigenvalue weighted by Crippen LogP contribution is -2.44. The number of piperazine rings is 1. The van der Waals surface area contributed by atoms with Crippen molar-refractivity contribution in [3.05, 3.63) is 42.0 Å². The number of hydrogen-bond donors (Lipinski definition) is 1. The summed E-state index contributed by atoms with van der Waals surface area (Å²) in [5.74, 6) is 0.399. The van der Waals surface area contributed by atoms with Crippen LogP contribution >= 0.6 is 0 Å². The van der Waals surface area contributed by atoms with E-state index in [4.69, 9.17) is 4.98 Å². The smallest absolute Gasteiger partial charge is 0.159 e. The fourth-order valence-electron chi connectivity index (χ4n) is 2.80. The third kappa shape index (κ3) is 3.50. The summed E-state index contributed by atoms with van der Waals surface area (Å²) in [7, 11) is 0. The third-order valence-electron chi connectivity index (χ3n) is 4.04. The van der Waals surface area contributed by atoms with Crippen molar-refractivity contribution in [2.75, 3.05) is 31.1 Å². The number of nitrogens with zero attached hydrogens (tertiary/aromatic N) is 3. The number of hydrogen-bond acceptors (Lipinski definition) is 4. The minimum absolute atomic E-state index is 0.0854. The molecule has 122 valence electrons. The first-order chi connectivity index (χ1) is 10.9. The Morgan fingerprint density at radius 2 is 1.74 bits per heavy atom. The monoisotopic (exact) mass is 314 g/mol. The summed E-state index contributed by atoms with van der Waals surface area (Å²) in [5.41, 5.74) is 2.89. The molecular formula is C18H23FN4. The molecule has 5 heteroatoms. The van der Waals surface area contributed by atoms with Gasteiger partial charge in [0, 0.05) is 37.2 Å². The van der Waals surface area contributed by atoms with Crippen molar-refractivity contribution in [2.45, 2.75) is 26.2 Å². The molecule has 2 heterocycles. The van der Waals surface area contributed by atoms with Crippen LogP contribution in [-0.4, -0.2) is 36.1 Å². The molecule has 1 saturated heterocycles. The molecule has 0 saturated carbocycles. The van der Waals surface area contributed by atoms with Crippen molar-refractivity contribution in [3.63, 3.8) is 0 Å². The molecule has 1 N–H and O–H groups in total. The van der Waals surface area contributed by atoms with Crippen LogP contribution in [0.25, 0.3) is 11.4 Å². The molecule has 4 nitrogen and oxygen atoms in total. The number of halogens is 1. The Bertz CT molecular complexity index is 670. The average molecular weight is 314 g/mol. The quantitative estimate of drug-likeness (QED) is 0.925. The topological polar surface area (TPSA) is 41.1 Å². The van der Waals surface area contributed by atoms with E-state index < -0.39 is 0 Å². The highest BCUT2D eigenvalue weighted by Gasteiger charge is 2.25. The van der Waals surface area contributed by atoms with E-state index in [1.165, 1.54) is 12.1 Å². The van der Waals surface area contributed by atoms with Gasteiger partial charge in [0.05, 0.1) is 17.6 Å². The third-order valence-corrected chi connectivity index (χ3v) is 4.04. The molecule has 0 atom stereocenters.